The van der Waals surface area contributed by atoms with Gasteiger partial charge in [0.15, 0.2) is 23.9 Å². The number of rotatable bonds is 10. The fraction of sp³-hybridized carbons (Fsp3) is 0.217. The Kier molecular flexibility index (Phi) is 7.53. The van der Waals surface area contributed by atoms with Crippen LogP contribution >= 0.6 is 0 Å². The topological polar surface area (TPSA) is 99.6 Å². The van der Waals surface area contributed by atoms with E-state index in [1.165, 1.54) is 14.0 Å². The highest BCUT2D eigenvalue weighted by Crippen LogP contribution is 2.28. The van der Waals surface area contributed by atoms with Crippen LogP contribution in [0, 0.1) is 0 Å². The van der Waals surface area contributed by atoms with E-state index in [1.54, 1.807) is 24.3 Å². The second kappa shape index (κ2) is 10.7. The molecular formula is C23H23N3O5. The summed E-state index contributed by atoms with van der Waals surface area (Å²) in [5, 5.41) is 10.9. The van der Waals surface area contributed by atoms with Gasteiger partial charge in [-0.3, -0.25) is 9.59 Å². The van der Waals surface area contributed by atoms with Crippen molar-refractivity contribution >= 4 is 11.7 Å². The number of nitrogens with zero attached hydrogens (tertiary/aromatic N) is 2. The molecule has 1 heterocycles. The Balaban J connectivity index is 1.40. The second-order valence-electron chi connectivity index (χ2n) is 6.53. The molecule has 160 valence electrons. The number of aromatic nitrogens is 2. The first-order valence-corrected chi connectivity index (χ1v) is 9.67. The number of Topliss-reactive ketones (excluding diaryl/α,β-unsaturated/α-hetero) is 1. The van der Waals surface area contributed by atoms with E-state index in [-0.39, 0.29) is 31.4 Å². The maximum Gasteiger partial charge on any atom is 0.258 e. The van der Waals surface area contributed by atoms with Crippen molar-refractivity contribution in [2.24, 2.45) is 0 Å². The third kappa shape index (κ3) is 6.27. The standard InChI is InChI=1S/C23H23N3O5/c1-16(27)18-8-10-20(21(14-18)29-2)31-15-22(28)24-12-13-30-23-11-9-19(25-26-23)17-6-4-3-5-7-17/h3-11,14H,12-13,15H2,1-2H3,(H,24,28). The number of ether oxygens (including phenoxy) is 3. The fourth-order valence-electron chi connectivity index (χ4n) is 2.71. The summed E-state index contributed by atoms with van der Waals surface area (Å²) in [7, 11) is 1.47. The minimum absolute atomic E-state index is 0.0815. The Morgan fingerprint density at radius 3 is 2.42 bits per heavy atom. The Labute approximate surface area is 180 Å². The fourth-order valence-corrected chi connectivity index (χ4v) is 2.71. The van der Waals surface area contributed by atoms with Gasteiger partial charge in [0.05, 0.1) is 19.3 Å². The SMILES string of the molecule is COc1cc(C(C)=O)ccc1OCC(=O)NCCOc1ccc(-c2ccccc2)nn1. The van der Waals surface area contributed by atoms with Gasteiger partial charge in [-0.1, -0.05) is 30.3 Å². The highest BCUT2D eigenvalue weighted by Gasteiger charge is 2.10. The maximum atomic E-state index is 12.0. The minimum Gasteiger partial charge on any atom is -0.493 e. The van der Waals surface area contributed by atoms with Gasteiger partial charge in [0, 0.05) is 17.2 Å². The second-order valence-corrected chi connectivity index (χ2v) is 6.53. The van der Waals surface area contributed by atoms with Crippen LogP contribution in [0.3, 0.4) is 0 Å². The normalized spacial score (nSPS) is 10.3. The molecule has 3 aromatic rings. The smallest absolute Gasteiger partial charge is 0.258 e. The highest BCUT2D eigenvalue weighted by molar-refractivity contribution is 5.94. The molecule has 1 aromatic heterocycles. The lowest BCUT2D eigenvalue weighted by Gasteiger charge is -2.12. The average Bonchev–Trinajstić information content (AvgIpc) is 2.81. The van der Waals surface area contributed by atoms with Crippen molar-refractivity contribution in [3.63, 3.8) is 0 Å². The first-order valence-electron chi connectivity index (χ1n) is 9.67. The molecule has 31 heavy (non-hydrogen) atoms. The molecule has 0 atom stereocenters. The van der Waals surface area contributed by atoms with Crippen LogP contribution in [0.5, 0.6) is 17.4 Å². The number of methoxy groups -OCH3 is 1. The van der Waals surface area contributed by atoms with E-state index in [4.69, 9.17) is 14.2 Å². The van der Waals surface area contributed by atoms with Crippen LogP contribution in [0.4, 0.5) is 0 Å². The molecule has 0 saturated heterocycles. The summed E-state index contributed by atoms with van der Waals surface area (Å²) in [5.41, 5.74) is 2.23. The van der Waals surface area contributed by atoms with Crippen LogP contribution in [0.25, 0.3) is 11.3 Å². The number of hydrogen-bond acceptors (Lipinski definition) is 7. The van der Waals surface area contributed by atoms with Gasteiger partial charge >= 0.3 is 0 Å². The first-order chi connectivity index (χ1) is 15.1. The molecule has 0 radical (unpaired) electrons. The van der Waals surface area contributed by atoms with Gasteiger partial charge in [-0.15, -0.1) is 10.2 Å². The number of hydrogen-bond donors (Lipinski definition) is 1. The predicted octanol–water partition coefficient (Wildman–Crippen LogP) is 2.93. The van der Waals surface area contributed by atoms with E-state index in [0.717, 1.165) is 11.3 Å². The number of amides is 1. The summed E-state index contributed by atoms with van der Waals surface area (Å²) >= 11 is 0. The van der Waals surface area contributed by atoms with Gasteiger partial charge in [0.2, 0.25) is 5.88 Å². The highest BCUT2D eigenvalue weighted by atomic mass is 16.5. The number of nitrogens with one attached hydrogen (secondary N) is 1. The lowest BCUT2D eigenvalue weighted by Crippen LogP contribution is -2.32. The Bertz CT molecular complexity index is 1020. The number of benzene rings is 2. The van der Waals surface area contributed by atoms with Crippen LogP contribution in [-0.2, 0) is 4.79 Å². The average molecular weight is 421 g/mol. The third-order valence-electron chi connectivity index (χ3n) is 4.31. The van der Waals surface area contributed by atoms with Crippen molar-refractivity contribution in [3.8, 4) is 28.6 Å². The molecule has 8 heteroatoms. The van der Waals surface area contributed by atoms with Gasteiger partial charge in [-0.2, -0.15) is 0 Å². The van der Waals surface area contributed by atoms with Crippen molar-refractivity contribution in [1.82, 2.24) is 15.5 Å². The van der Waals surface area contributed by atoms with Crippen LogP contribution in [0.1, 0.15) is 17.3 Å². The summed E-state index contributed by atoms with van der Waals surface area (Å²) in [5.74, 6) is 0.753. The predicted molar refractivity (Wildman–Crippen MR) is 114 cm³/mol. The molecule has 0 aliphatic heterocycles. The van der Waals surface area contributed by atoms with E-state index in [0.29, 0.717) is 22.9 Å². The molecule has 2 aromatic carbocycles. The molecule has 0 fully saturated rings. The zero-order valence-electron chi connectivity index (χ0n) is 17.3. The zero-order chi connectivity index (χ0) is 22.1. The lowest BCUT2D eigenvalue weighted by atomic mass is 10.1. The summed E-state index contributed by atoms with van der Waals surface area (Å²) in [4.78, 5) is 23.4. The lowest BCUT2D eigenvalue weighted by molar-refractivity contribution is -0.123. The van der Waals surface area contributed by atoms with E-state index >= 15 is 0 Å². The number of carbonyl (C=O) groups excluding carboxylic acids is 2. The largest absolute Gasteiger partial charge is 0.493 e. The molecule has 0 saturated carbocycles. The molecule has 0 aliphatic carbocycles. The molecule has 1 N–H and O–H groups in total. The van der Waals surface area contributed by atoms with Crippen molar-refractivity contribution in [3.05, 3.63) is 66.2 Å². The summed E-state index contributed by atoms with van der Waals surface area (Å²) in [6, 6.07) is 18.1. The van der Waals surface area contributed by atoms with E-state index < -0.39 is 0 Å². The summed E-state index contributed by atoms with van der Waals surface area (Å²) < 4.78 is 16.2. The molecular weight excluding hydrogens is 398 g/mol. The molecule has 3 rings (SSSR count). The van der Waals surface area contributed by atoms with Gasteiger partial charge in [0.25, 0.3) is 5.91 Å². The van der Waals surface area contributed by atoms with E-state index in [9.17, 15) is 9.59 Å². The number of ketones is 1. The molecule has 8 nitrogen and oxygen atoms in total. The van der Waals surface area contributed by atoms with Crippen LogP contribution in [-0.4, -0.2) is 48.8 Å². The van der Waals surface area contributed by atoms with Crippen molar-refractivity contribution in [1.29, 1.82) is 0 Å². The minimum atomic E-state index is -0.313. The third-order valence-corrected chi connectivity index (χ3v) is 4.31. The van der Waals surface area contributed by atoms with E-state index in [2.05, 4.69) is 15.5 Å². The maximum absolute atomic E-state index is 12.0. The molecule has 1 amide bonds. The van der Waals surface area contributed by atoms with Gasteiger partial charge in [-0.25, -0.2) is 0 Å². The van der Waals surface area contributed by atoms with Crippen LogP contribution in [0.2, 0.25) is 0 Å². The monoisotopic (exact) mass is 421 g/mol. The summed E-state index contributed by atoms with van der Waals surface area (Å²) in [6.45, 7) is 1.79. The molecule has 0 unspecified atom stereocenters. The first kappa shape index (κ1) is 21.8. The van der Waals surface area contributed by atoms with Crippen molar-refractivity contribution in [2.45, 2.75) is 6.92 Å². The van der Waals surface area contributed by atoms with Crippen LogP contribution < -0.4 is 19.5 Å². The Morgan fingerprint density at radius 2 is 1.74 bits per heavy atom. The van der Waals surface area contributed by atoms with Crippen molar-refractivity contribution < 1.29 is 23.8 Å². The summed E-state index contributed by atoms with van der Waals surface area (Å²) in [6.07, 6.45) is 0. The zero-order valence-corrected chi connectivity index (χ0v) is 17.3. The van der Waals surface area contributed by atoms with Gasteiger partial charge in [-0.05, 0) is 31.2 Å². The molecule has 0 spiro atoms. The quantitative estimate of drug-likeness (QED) is 0.397. The van der Waals surface area contributed by atoms with Crippen molar-refractivity contribution in [2.75, 3.05) is 26.9 Å². The van der Waals surface area contributed by atoms with Gasteiger partial charge < -0.3 is 19.5 Å². The Morgan fingerprint density at radius 1 is 0.935 bits per heavy atom. The molecule has 0 bridgehead atoms. The molecule has 0 aliphatic rings. The van der Waals surface area contributed by atoms with Gasteiger partial charge in [0.1, 0.15) is 6.61 Å². The van der Waals surface area contributed by atoms with Crippen LogP contribution in [0.15, 0.2) is 60.7 Å². The number of carbonyl (C=O) groups is 2. The van der Waals surface area contributed by atoms with E-state index in [1.807, 2.05) is 36.4 Å². The Hall–Kier alpha value is -3.94.